The van der Waals surface area contributed by atoms with Gasteiger partial charge in [-0.3, -0.25) is 9.88 Å². The van der Waals surface area contributed by atoms with E-state index in [-0.39, 0.29) is 11.6 Å². The zero-order chi connectivity index (χ0) is 15.2. The van der Waals surface area contributed by atoms with Crippen LogP contribution in [0.4, 0.5) is 0 Å². The Bertz CT molecular complexity index is 657. The van der Waals surface area contributed by atoms with E-state index in [1.54, 1.807) is 0 Å². The maximum atomic E-state index is 6.41. The number of aromatic nitrogens is 1. The number of hydrogen-bond acceptors (Lipinski definition) is 3. The van der Waals surface area contributed by atoms with Crippen molar-refractivity contribution in [3.05, 3.63) is 41.6 Å². The van der Waals surface area contributed by atoms with E-state index in [9.17, 15) is 0 Å². The summed E-state index contributed by atoms with van der Waals surface area (Å²) in [5.74, 6) is 0. The number of aryl methyl sites for hydroxylation is 1. The SMILES string of the molecule is Cc1ccc2cc(C3C(N)CCN3C(C)(C)C)ccc2n1. The average molecular weight is 283 g/mol. The minimum absolute atomic E-state index is 0.138. The van der Waals surface area contributed by atoms with Gasteiger partial charge in [0, 0.05) is 29.2 Å². The first kappa shape index (κ1) is 14.5. The van der Waals surface area contributed by atoms with Crippen molar-refractivity contribution in [3.63, 3.8) is 0 Å². The first-order valence-corrected chi connectivity index (χ1v) is 7.76. The molecule has 3 heteroatoms. The van der Waals surface area contributed by atoms with Gasteiger partial charge in [0.2, 0.25) is 0 Å². The number of fused-ring (bicyclic) bond motifs is 1. The van der Waals surface area contributed by atoms with Gasteiger partial charge < -0.3 is 5.73 Å². The molecule has 2 aromatic rings. The number of hydrogen-bond donors (Lipinski definition) is 1. The van der Waals surface area contributed by atoms with Crippen LogP contribution in [0.2, 0.25) is 0 Å². The lowest BCUT2D eigenvalue weighted by atomic mass is 9.95. The van der Waals surface area contributed by atoms with Crippen molar-refractivity contribution in [2.45, 2.75) is 51.7 Å². The minimum Gasteiger partial charge on any atom is -0.326 e. The van der Waals surface area contributed by atoms with Crippen LogP contribution in [0.1, 0.15) is 44.5 Å². The third-order valence-electron chi connectivity index (χ3n) is 4.50. The predicted octanol–water partition coefficient (Wildman–Crippen LogP) is 3.42. The normalized spacial score (nSPS) is 23.9. The van der Waals surface area contributed by atoms with Gasteiger partial charge in [0.25, 0.3) is 0 Å². The number of likely N-dealkylation sites (tertiary alicyclic amines) is 1. The summed E-state index contributed by atoms with van der Waals surface area (Å²) in [6, 6.07) is 11.3. The molecule has 112 valence electrons. The molecule has 1 aliphatic heterocycles. The second kappa shape index (κ2) is 5.08. The maximum absolute atomic E-state index is 6.41. The zero-order valence-corrected chi connectivity index (χ0v) is 13.4. The molecular formula is C18H25N3. The summed E-state index contributed by atoms with van der Waals surface area (Å²) in [5, 5.41) is 1.20. The molecule has 0 spiro atoms. The van der Waals surface area contributed by atoms with E-state index in [0.29, 0.717) is 6.04 Å². The standard InChI is InChI=1S/C18H25N3/c1-12-5-6-13-11-14(7-8-16(13)20-12)17-15(19)9-10-21(17)18(2,3)4/h5-8,11,15,17H,9-10,19H2,1-4H3. The molecule has 1 aromatic heterocycles. The maximum Gasteiger partial charge on any atom is 0.0705 e. The lowest BCUT2D eigenvalue weighted by molar-refractivity contribution is 0.117. The number of rotatable bonds is 1. The fourth-order valence-corrected chi connectivity index (χ4v) is 3.43. The fraction of sp³-hybridized carbons (Fsp3) is 0.500. The molecule has 2 N–H and O–H groups in total. The highest BCUT2D eigenvalue weighted by molar-refractivity contribution is 5.79. The van der Waals surface area contributed by atoms with Gasteiger partial charge >= 0.3 is 0 Å². The molecule has 1 fully saturated rings. The molecule has 0 bridgehead atoms. The lowest BCUT2D eigenvalue weighted by Crippen LogP contribution is -2.43. The molecule has 2 atom stereocenters. The van der Waals surface area contributed by atoms with Gasteiger partial charge in [-0.2, -0.15) is 0 Å². The third-order valence-corrected chi connectivity index (χ3v) is 4.50. The fourth-order valence-electron chi connectivity index (χ4n) is 3.43. The highest BCUT2D eigenvalue weighted by atomic mass is 15.3. The summed E-state index contributed by atoms with van der Waals surface area (Å²) in [4.78, 5) is 7.11. The van der Waals surface area contributed by atoms with Gasteiger partial charge in [0.05, 0.1) is 11.6 Å². The van der Waals surface area contributed by atoms with Crippen molar-refractivity contribution in [3.8, 4) is 0 Å². The first-order chi connectivity index (χ1) is 9.86. The second-order valence-electron chi connectivity index (χ2n) is 7.17. The molecule has 3 rings (SSSR count). The van der Waals surface area contributed by atoms with Crippen molar-refractivity contribution in [1.29, 1.82) is 0 Å². The Hall–Kier alpha value is -1.45. The molecule has 3 nitrogen and oxygen atoms in total. The van der Waals surface area contributed by atoms with Crippen molar-refractivity contribution < 1.29 is 0 Å². The number of nitrogens with two attached hydrogens (primary N) is 1. The topological polar surface area (TPSA) is 42.1 Å². The van der Waals surface area contributed by atoms with E-state index in [4.69, 9.17) is 5.73 Å². The van der Waals surface area contributed by atoms with E-state index < -0.39 is 0 Å². The summed E-state index contributed by atoms with van der Waals surface area (Å²) in [5.41, 5.74) is 9.98. The average Bonchev–Trinajstić information content (AvgIpc) is 2.80. The van der Waals surface area contributed by atoms with E-state index in [1.165, 1.54) is 10.9 Å². The van der Waals surface area contributed by atoms with Crippen molar-refractivity contribution in [2.24, 2.45) is 5.73 Å². The molecule has 2 heterocycles. The Balaban J connectivity index is 2.04. The van der Waals surface area contributed by atoms with Gasteiger partial charge in [-0.25, -0.2) is 0 Å². The molecular weight excluding hydrogens is 258 g/mol. The largest absolute Gasteiger partial charge is 0.326 e. The predicted molar refractivity (Wildman–Crippen MR) is 88.3 cm³/mol. The van der Waals surface area contributed by atoms with Crippen LogP contribution in [0, 0.1) is 6.92 Å². The van der Waals surface area contributed by atoms with Crippen LogP contribution in [0.3, 0.4) is 0 Å². The second-order valence-corrected chi connectivity index (χ2v) is 7.17. The Morgan fingerprint density at radius 2 is 1.95 bits per heavy atom. The minimum atomic E-state index is 0.138. The Labute approximate surface area is 127 Å². The van der Waals surface area contributed by atoms with Gasteiger partial charge in [-0.15, -0.1) is 0 Å². The zero-order valence-electron chi connectivity index (χ0n) is 13.4. The quantitative estimate of drug-likeness (QED) is 0.872. The van der Waals surface area contributed by atoms with Gasteiger partial charge in [0.1, 0.15) is 0 Å². The summed E-state index contributed by atoms with van der Waals surface area (Å²) in [7, 11) is 0. The molecule has 0 saturated carbocycles. The molecule has 0 amide bonds. The van der Waals surface area contributed by atoms with Crippen molar-refractivity contribution in [1.82, 2.24) is 9.88 Å². The molecule has 1 aliphatic rings. The van der Waals surface area contributed by atoms with E-state index in [0.717, 1.165) is 24.2 Å². The van der Waals surface area contributed by atoms with Crippen LogP contribution in [-0.2, 0) is 0 Å². The van der Waals surface area contributed by atoms with E-state index in [2.05, 4.69) is 61.0 Å². The molecule has 2 unspecified atom stereocenters. The van der Waals surface area contributed by atoms with Crippen molar-refractivity contribution in [2.75, 3.05) is 6.54 Å². The summed E-state index contributed by atoms with van der Waals surface area (Å²) in [6.07, 6.45) is 1.06. The van der Waals surface area contributed by atoms with E-state index >= 15 is 0 Å². The van der Waals surface area contributed by atoms with Crippen LogP contribution >= 0.6 is 0 Å². The van der Waals surface area contributed by atoms with Gasteiger partial charge in [-0.05, 0) is 57.9 Å². The first-order valence-electron chi connectivity index (χ1n) is 7.76. The third kappa shape index (κ3) is 2.68. The molecule has 21 heavy (non-hydrogen) atoms. The Kier molecular flexibility index (Phi) is 3.50. The van der Waals surface area contributed by atoms with Crippen molar-refractivity contribution >= 4 is 10.9 Å². The molecule has 1 saturated heterocycles. The number of nitrogens with zero attached hydrogens (tertiary/aromatic N) is 2. The highest BCUT2D eigenvalue weighted by Crippen LogP contribution is 2.37. The van der Waals surface area contributed by atoms with Crippen LogP contribution in [0.5, 0.6) is 0 Å². The summed E-state index contributed by atoms with van der Waals surface area (Å²) >= 11 is 0. The van der Waals surface area contributed by atoms with Gasteiger partial charge in [-0.1, -0.05) is 12.1 Å². The molecule has 0 radical (unpaired) electrons. The van der Waals surface area contributed by atoms with Crippen LogP contribution in [0.25, 0.3) is 10.9 Å². The highest BCUT2D eigenvalue weighted by Gasteiger charge is 2.38. The Morgan fingerprint density at radius 3 is 2.67 bits per heavy atom. The van der Waals surface area contributed by atoms with Gasteiger partial charge in [0.15, 0.2) is 0 Å². The monoisotopic (exact) mass is 283 g/mol. The lowest BCUT2D eigenvalue weighted by Gasteiger charge is -2.38. The summed E-state index contributed by atoms with van der Waals surface area (Å²) in [6.45, 7) is 9.90. The van der Waals surface area contributed by atoms with E-state index in [1.807, 2.05) is 6.92 Å². The smallest absolute Gasteiger partial charge is 0.0705 e. The Morgan fingerprint density at radius 1 is 1.19 bits per heavy atom. The summed E-state index contributed by atoms with van der Waals surface area (Å²) < 4.78 is 0. The van der Waals surface area contributed by atoms with Crippen LogP contribution in [-0.4, -0.2) is 28.0 Å². The number of benzene rings is 1. The van der Waals surface area contributed by atoms with Crippen LogP contribution in [0.15, 0.2) is 30.3 Å². The van der Waals surface area contributed by atoms with Crippen LogP contribution < -0.4 is 5.73 Å². The molecule has 0 aliphatic carbocycles. The number of pyridine rings is 1. The molecule has 1 aromatic carbocycles.